The molecule has 1 aromatic rings. The molecule has 4 nitrogen and oxygen atoms in total. The topological polar surface area (TPSA) is 36.9 Å². The molecule has 0 aliphatic heterocycles. The number of halogens is 3. The van der Waals surface area contributed by atoms with Crippen LogP contribution in [-0.2, 0) is 8.85 Å². The van der Waals surface area contributed by atoms with E-state index in [-0.39, 0.29) is 21.9 Å². The first-order chi connectivity index (χ1) is 14.2. The van der Waals surface area contributed by atoms with Gasteiger partial charge in [0.15, 0.2) is 16.6 Å². The van der Waals surface area contributed by atoms with Crippen LogP contribution in [0.15, 0.2) is 24.3 Å². The van der Waals surface area contributed by atoms with Gasteiger partial charge in [0, 0.05) is 19.1 Å². The maximum absolute atomic E-state index is 12.6. The van der Waals surface area contributed by atoms with Gasteiger partial charge in [0.2, 0.25) is 0 Å². The van der Waals surface area contributed by atoms with Gasteiger partial charge in [-0.3, -0.25) is 0 Å². The SMILES string of the molecule is CC(C)(C)[Si](C)(C)OCCC(CO[Si](C)(C)C(C)(C)C)Oc1cccc(OC(F)(F)F)c1. The van der Waals surface area contributed by atoms with Gasteiger partial charge in [0.25, 0.3) is 0 Å². The van der Waals surface area contributed by atoms with Gasteiger partial charge in [-0.15, -0.1) is 13.2 Å². The van der Waals surface area contributed by atoms with Crippen LogP contribution in [0.25, 0.3) is 0 Å². The Morgan fingerprint density at radius 1 is 0.812 bits per heavy atom. The lowest BCUT2D eigenvalue weighted by atomic mass is 10.2. The van der Waals surface area contributed by atoms with Crippen molar-refractivity contribution in [1.29, 1.82) is 0 Å². The van der Waals surface area contributed by atoms with E-state index in [1.165, 1.54) is 18.2 Å². The second-order valence-electron chi connectivity index (χ2n) is 11.2. The van der Waals surface area contributed by atoms with E-state index < -0.39 is 23.0 Å². The Kier molecular flexibility index (Phi) is 9.50. The molecule has 1 unspecified atom stereocenters. The third kappa shape index (κ3) is 9.45. The van der Waals surface area contributed by atoms with Crippen molar-refractivity contribution in [3.05, 3.63) is 24.3 Å². The van der Waals surface area contributed by atoms with Crippen LogP contribution in [0.3, 0.4) is 0 Å². The number of ether oxygens (including phenoxy) is 2. The van der Waals surface area contributed by atoms with Gasteiger partial charge in [-0.25, -0.2) is 0 Å². The van der Waals surface area contributed by atoms with Crippen LogP contribution < -0.4 is 9.47 Å². The molecule has 0 aliphatic carbocycles. The first-order valence-corrected chi connectivity index (χ1v) is 16.9. The minimum absolute atomic E-state index is 0.0374. The Morgan fingerprint density at radius 2 is 1.31 bits per heavy atom. The molecule has 1 rings (SSSR count). The lowest BCUT2D eigenvalue weighted by molar-refractivity contribution is -0.274. The Bertz CT molecular complexity index is 723. The monoisotopic (exact) mass is 494 g/mol. The molecule has 0 amide bonds. The van der Waals surface area contributed by atoms with Crippen LogP contribution in [0.4, 0.5) is 13.2 Å². The summed E-state index contributed by atoms with van der Waals surface area (Å²) < 4.78 is 60.5. The summed E-state index contributed by atoms with van der Waals surface area (Å²) in [5, 5.41) is 0.125. The van der Waals surface area contributed by atoms with Crippen molar-refractivity contribution in [3.8, 4) is 11.5 Å². The van der Waals surface area contributed by atoms with Crippen molar-refractivity contribution in [3.63, 3.8) is 0 Å². The van der Waals surface area contributed by atoms with Crippen molar-refractivity contribution in [2.24, 2.45) is 0 Å². The molecule has 0 aliphatic rings. The van der Waals surface area contributed by atoms with Crippen LogP contribution in [-0.4, -0.2) is 42.3 Å². The number of hydrogen-bond donors (Lipinski definition) is 0. The molecule has 0 spiro atoms. The Hall–Kier alpha value is -1.04. The van der Waals surface area contributed by atoms with Gasteiger partial charge in [-0.05, 0) is 48.4 Å². The molecule has 186 valence electrons. The number of rotatable bonds is 10. The van der Waals surface area contributed by atoms with E-state index in [1.54, 1.807) is 6.07 Å². The highest BCUT2D eigenvalue weighted by Crippen LogP contribution is 2.38. The fourth-order valence-electron chi connectivity index (χ4n) is 2.29. The molecule has 1 aromatic carbocycles. The van der Waals surface area contributed by atoms with Crippen molar-refractivity contribution in [2.45, 2.75) is 96.7 Å². The molecule has 0 aromatic heterocycles. The van der Waals surface area contributed by atoms with Crippen LogP contribution in [0.5, 0.6) is 11.5 Å². The molecular formula is C23H41F3O4Si2. The Labute approximate surface area is 194 Å². The highest BCUT2D eigenvalue weighted by molar-refractivity contribution is 6.74. The van der Waals surface area contributed by atoms with E-state index in [9.17, 15) is 13.2 Å². The van der Waals surface area contributed by atoms with Crippen molar-refractivity contribution in [1.82, 2.24) is 0 Å². The molecular weight excluding hydrogens is 453 g/mol. The summed E-state index contributed by atoms with van der Waals surface area (Å²) in [6.07, 6.45) is -4.53. The van der Waals surface area contributed by atoms with Crippen molar-refractivity contribution in [2.75, 3.05) is 13.2 Å². The van der Waals surface area contributed by atoms with Gasteiger partial charge in [-0.2, -0.15) is 0 Å². The minimum Gasteiger partial charge on any atom is -0.488 e. The predicted octanol–water partition coefficient (Wildman–Crippen LogP) is 7.77. The normalized spacial score (nSPS) is 14.9. The lowest BCUT2D eigenvalue weighted by Crippen LogP contribution is -2.44. The van der Waals surface area contributed by atoms with Gasteiger partial charge >= 0.3 is 6.36 Å². The average Bonchev–Trinajstić information content (AvgIpc) is 2.56. The molecule has 32 heavy (non-hydrogen) atoms. The van der Waals surface area contributed by atoms with E-state index in [4.69, 9.17) is 13.6 Å². The molecule has 0 fully saturated rings. The summed E-state index contributed by atoms with van der Waals surface area (Å²) in [5.74, 6) is -0.000467. The number of hydrogen-bond acceptors (Lipinski definition) is 4. The first-order valence-electron chi connectivity index (χ1n) is 11.0. The highest BCUT2D eigenvalue weighted by Gasteiger charge is 2.39. The third-order valence-electron chi connectivity index (χ3n) is 6.49. The minimum atomic E-state index is -4.75. The quantitative estimate of drug-likeness (QED) is 0.311. The molecule has 0 bridgehead atoms. The van der Waals surface area contributed by atoms with Crippen molar-refractivity contribution < 1.29 is 31.5 Å². The highest BCUT2D eigenvalue weighted by atomic mass is 28.4. The van der Waals surface area contributed by atoms with Gasteiger partial charge < -0.3 is 18.3 Å². The fourth-order valence-corrected chi connectivity index (χ4v) is 4.39. The standard InChI is InChI=1S/C23H41F3O4Si2/c1-21(2,3)31(7,8)27-15-14-20(17-28-32(9,10)22(4,5)6)29-18-12-11-13-19(16-18)30-23(24,25)26/h11-13,16,20H,14-15,17H2,1-10H3. The van der Waals surface area contributed by atoms with E-state index in [1.807, 2.05) is 0 Å². The van der Waals surface area contributed by atoms with Gasteiger partial charge in [0.1, 0.15) is 17.6 Å². The van der Waals surface area contributed by atoms with Crippen LogP contribution >= 0.6 is 0 Å². The number of benzene rings is 1. The summed E-state index contributed by atoms with van der Waals surface area (Å²) in [4.78, 5) is 0. The smallest absolute Gasteiger partial charge is 0.488 e. The Balaban J connectivity index is 2.94. The Morgan fingerprint density at radius 3 is 1.81 bits per heavy atom. The third-order valence-corrected chi connectivity index (χ3v) is 15.5. The zero-order chi connectivity index (χ0) is 25.0. The molecule has 0 saturated carbocycles. The molecule has 0 saturated heterocycles. The summed E-state index contributed by atoms with van der Waals surface area (Å²) in [5.41, 5.74) is 0. The maximum atomic E-state index is 12.6. The molecule has 0 heterocycles. The first kappa shape index (κ1) is 29.0. The zero-order valence-electron chi connectivity index (χ0n) is 21.3. The summed E-state index contributed by atoms with van der Waals surface area (Å²) >= 11 is 0. The van der Waals surface area contributed by atoms with Crippen molar-refractivity contribution >= 4 is 16.6 Å². The van der Waals surface area contributed by atoms with Gasteiger partial charge in [0.05, 0.1) is 6.61 Å². The second-order valence-corrected chi connectivity index (χ2v) is 20.8. The molecule has 1 atom stereocenters. The van der Waals surface area contributed by atoms with E-state index in [0.717, 1.165) is 0 Å². The van der Waals surface area contributed by atoms with E-state index in [0.29, 0.717) is 25.4 Å². The van der Waals surface area contributed by atoms with E-state index in [2.05, 4.69) is 72.5 Å². The molecule has 0 radical (unpaired) electrons. The van der Waals surface area contributed by atoms with Gasteiger partial charge in [-0.1, -0.05) is 47.6 Å². The second kappa shape index (κ2) is 10.5. The summed E-state index contributed by atoms with van der Waals surface area (Å²) in [7, 11) is -3.94. The maximum Gasteiger partial charge on any atom is 0.573 e. The largest absolute Gasteiger partial charge is 0.573 e. The predicted molar refractivity (Wildman–Crippen MR) is 128 cm³/mol. The zero-order valence-corrected chi connectivity index (χ0v) is 23.3. The van der Waals surface area contributed by atoms with Crippen LogP contribution in [0, 0.1) is 0 Å². The van der Waals surface area contributed by atoms with Crippen LogP contribution in [0.1, 0.15) is 48.0 Å². The van der Waals surface area contributed by atoms with E-state index >= 15 is 0 Å². The van der Waals surface area contributed by atoms with Crippen LogP contribution in [0.2, 0.25) is 36.3 Å². The fraction of sp³-hybridized carbons (Fsp3) is 0.739. The average molecular weight is 495 g/mol. The molecule has 9 heteroatoms. The summed E-state index contributed by atoms with van der Waals surface area (Å²) in [6.45, 7) is 22.6. The lowest BCUT2D eigenvalue weighted by Gasteiger charge is -2.38. The summed E-state index contributed by atoms with van der Waals surface area (Å²) in [6, 6.07) is 5.61. The number of alkyl halides is 3. The molecule has 0 N–H and O–H groups in total.